The van der Waals surface area contributed by atoms with Crippen molar-refractivity contribution in [2.24, 2.45) is 0 Å². The third-order valence-corrected chi connectivity index (χ3v) is 15.3. The van der Waals surface area contributed by atoms with E-state index in [1.54, 1.807) is 21.8 Å². The fourth-order valence-electron chi connectivity index (χ4n) is 11.0. The number of carbonyl (C=O) groups excluding carboxylic acids is 2. The molecule has 4 aliphatic rings. The Morgan fingerprint density at radius 3 is 1.32 bits per heavy atom. The minimum absolute atomic E-state index is 0.00616. The number of pyridine rings is 2. The predicted octanol–water partition coefficient (Wildman–Crippen LogP) is 4.17. The zero-order chi connectivity index (χ0) is 50.6. The Kier molecular flexibility index (Phi) is 15.5. The number of nitrogens with one attached hydrogen (secondary N) is 4. The number of carbonyl (C=O) groups is 2. The van der Waals surface area contributed by atoms with E-state index in [-0.39, 0.29) is 50.2 Å². The van der Waals surface area contributed by atoms with Gasteiger partial charge in [-0.05, 0) is 115 Å². The summed E-state index contributed by atoms with van der Waals surface area (Å²) in [6, 6.07) is 21.2. The number of benzene rings is 2. The van der Waals surface area contributed by atoms with E-state index in [1.165, 1.54) is 0 Å². The van der Waals surface area contributed by atoms with E-state index in [0.29, 0.717) is 36.8 Å². The number of aryl methyl sites for hydroxylation is 4. The summed E-state index contributed by atoms with van der Waals surface area (Å²) in [6.07, 6.45) is 10.3. The second-order valence-corrected chi connectivity index (χ2v) is 20.7. The van der Waals surface area contributed by atoms with E-state index in [1.807, 2.05) is 88.4 Å². The standard InChI is InChI=1S/2C27H36N6O3/c2*1-18-3-6-24-23(13-18)26(31-33(24)11-12-34)29-15-25(35)30-21-16-32(17-21)22-7-9-27(36,10-8-22)20-5-4-19(2)28-14-20/h2*3-6,13-14,21-22,34,36H,7-12,15-17H2,1-2H3,(H,29,31)(H,30,35). The summed E-state index contributed by atoms with van der Waals surface area (Å²) in [4.78, 5) is 38.7. The lowest BCUT2D eigenvalue weighted by Crippen LogP contribution is -2.63. The molecule has 0 spiro atoms. The van der Waals surface area contributed by atoms with Crippen LogP contribution in [0.2, 0.25) is 0 Å². The van der Waals surface area contributed by atoms with E-state index in [9.17, 15) is 30.0 Å². The topological polar surface area (TPSA) is 231 Å². The summed E-state index contributed by atoms with van der Waals surface area (Å²) >= 11 is 0. The van der Waals surface area contributed by atoms with Gasteiger partial charge in [-0.25, -0.2) is 0 Å². The van der Waals surface area contributed by atoms with Gasteiger partial charge in [-0.1, -0.05) is 35.4 Å². The Hall–Kier alpha value is -6.02. The molecule has 2 aliphatic carbocycles. The smallest absolute Gasteiger partial charge is 0.239 e. The van der Waals surface area contributed by atoms with E-state index in [2.05, 4.69) is 51.2 Å². The van der Waals surface area contributed by atoms with Gasteiger partial charge in [-0.15, -0.1) is 0 Å². The highest BCUT2D eigenvalue weighted by Gasteiger charge is 2.42. The maximum Gasteiger partial charge on any atom is 0.239 e. The first-order chi connectivity index (χ1) is 34.7. The normalized spacial score (nSPS) is 22.9. The Balaban J connectivity index is 0.000000178. The molecule has 0 unspecified atom stereocenters. The number of hydrogen-bond acceptors (Lipinski definition) is 14. The molecule has 18 heteroatoms. The first-order valence-corrected chi connectivity index (χ1v) is 25.7. The highest BCUT2D eigenvalue weighted by atomic mass is 16.3. The van der Waals surface area contributed by atoms with Crippen LogP contribution in [-0.2, 0) is 33.9 Å². The largest absolute Gasteiger partial charge is 0.394 e. The maximum atomic E-state index is 12.6. The number of aliphatic hydroxyl groups is 4. The lowest BCUT2D eigenvalue weighted by Gasteiger charge is -2.48. The van der Waals surface area contributed by atoms with Crippen LogP contribution in [-0.4, -0.2) is 148 Å². The number of likely N-dealkylation sites (tertiary alicyclic amines) is 2. The van der Waals surface area contributed by atoms with Crippen molar-refractivity contribution < 1.29 is 30.0 Å². The van der Waals surface area contributed by atoms with E-state index < -0.39 is 11.2 Å². The highest BCUT2D eigenvalue weighted by Crippen LogP contribution is 2.41. The van der Waals surface area contributed by atoms with Crippen molar-refractivity contribution >= 4 is 45.3 Å². The number of anilines is 2. The molecule has 2 saturated heterocycles. The van der Waals surface area contributed by atoms with E-state index in [4.69, 9.17) is 0 Å². The molecule has 72 heavy (non-hydrogen) atoms. The third kappa shape index (κ3) is 11.6. The van der Waals surface area contributed by atoms with Gasteiger partial charge in [0, 0.05) is 83.9 Å². The summed E-state index contributed by atoms with van der Waals surface area (Å²) in [5.41, 5.74) is 6.28. The van der Waals surface area contributed by atoms with Gasteiger partial charge in [0.25, 0.3) is 0 Å². The number of hydrogen-bond donors (Lipinski definition) is 8. The van der Waals surface area contributed by atoms with Crippen LogP contribution >= 0.6 is 0 Å². The van der Waals surface area contributed by atoms with Crippen LogP contribution in [0.25, 0.3) is 21.8 Å². The second kappa shape index (κ2) is 22.0. The molecule has 10 rings (SSSR count). The van der Waals surface area contributed by atoms with Crippen molar-refractivity contribution in [3.63, 3.8) is 0 Å². The Morgan fingerprint density at radius 2 is 0.972 bits per heavy atom. The predicted molar refractivity (Wildman–Crippen MR) is 277 cm³/mol. The van der Waals surface area contributed by atoms with Crippen LogP contribution < -0.4 is 21.3 Å². The molecular weight excluding hydrogens is 913 g/mol. The number of fused-ring (bicyclic) bond motifs is 2. The number of aliphatic hydroxyl groups excluding tert-OH is 2. The average molecular weight is 985 g/mol. The molecule has 2 aromatic carbocycles. The second-order valence-electron chi connectivity index (χ2n) is 20.7. The van der Waals surface area contributed by atoms with Crippen LogP contribution in [0, 0.1) is 27.7 Å². The molecule has 0 bridgehead atoms. The summed E-state index contributed by atoms with van der Waals surface area (Å²) in [6.45, 7) is 12.4. The highest BCUT2D eigenvalue weighted by molar-refractivity contribution is 5.93. The van der Waals surface area contributed by atoms with E-state index in [0.717, 1.165) is 133 Å². The van der Waals surface area contributed by atoms with Gasteiger partial charge in [0.05, 0.1) is 73.7 Å². The fraction of sp³-hybridized carbons (Fsp3) is 0.519. The van der Waals surface area contributed by atoms with Gasteiger partial charge in [0.15, 0.2) is 11.6 Å². The Labute approximate surface area is 421 Å². The van der Waals surface area contributed by atoms with Crippen LogP contribution in [0.1, 0.15) is 85.0 Å². The zero-order valence-corrected chi connectivity index (χ0v) is 42.1. The van der Waals surface area contributed by atoms with Crippen LogP contribution in [0.5, 0.6) is 0 Å². The molecule has 4 fully saturated rings. The average Bonchev–Trinajstić information content (AvgIpc) is 3.86. The fourth-order valence-corrected chi connectivity index (χ4v) is 11.0. The number of rotatable bonds is 16. The van der Waals surface area contributed by atoms with Crippen LogP contribution in [0.3, 0.4) is 0 Å². The minimum atomic E-state index is -0.784. The maximum absolute atomic E-state index is 12.6. The molecule has 0 radical (unpaired) electrons. The molecule has 6 heterocycles. The monoisotopic (exact) mass is 985 g/mol. The van der Waals surface area contributed by atoms with Gasteiger partial charge in [0.2, 0.25) is 11.8 Å². The summed E-state index contributed by atoms with van der Waals surface area (Å²) < 4.78 is 3.53. The van der Waals surface area contributed by atoms with Gasteiger partial charge >= 0.3 is 0 Å². The molecule has 4 aromatic heterocycles. The van der Waals surface area contributed by atoms with Crippen molar-refractivity contribution in [1.82, 2.24) is 50.0 Å². The molecule has 2 saturated carbocycles. The van der Waals surface area contributed by atoms with Gasteiger partial charge in [-0.3, -0.25) is 38.7 Å². The quantitative estimate of drug-likeness (QED) is 0.0681. The zero-order valence-electron chi connectivity index (χ0n) is 42.1. The van der Waals surface area contributed by atoms with Crippen molar-refractivity contribution in [2.45, 2.75) is 128 Å². The summed E-state index contributed by atoms with van der Waals surface area (Å²) in [7, 11) is 0. The van der Waals surface area contributed by atoms with Gasteiger partial charge in [-0.2, -0.15) is 10.2 Å². The third-order valence-electron chi connectivity index (χ3n) is 15.3. The molecule has 6 aromatic rings. The molecule has 384 valence electrons. The molecule has 0 atom stereocenters. The molecular formula is C54H72N12O6. The van der Waals surface area contributed by atoms with Gasteiger partial charge in [0.1, 0.15) is 0 Å². The lowest BCUT2D eigenvalue weighted by atomic mass is 9.77. The van der Waals surface area contributed by atoms with Crippen molar-refractivity contribution in [3.05, 3.63) is 107 Å². The number of aromatic nitrogens is 6. The molecule has 8 N–H and O–H groups in total. The van der Waals surface area contributed by atoms with E-state index >= 15 is 0 Å². The van der Waals surface area contributed by atoms with Gasteiger partial charge < -0.3 is 41.7 Å². The van der Waals surface area contributed by atoms with Crippen molar-refractivity contribution in [1.29, 1.82) is 0 Å². The first kappa shape index (κ1) is 50.9. The summed E-state index contributed by atoms with van der Waals surface area (Å²) in [5, 5.41) is 64.5. The van der Waals surface area contributed by atoms with Crippen molar-refractivity contribution in [2.75, 3.05) is 63.1 Å². The van der Waals surface area contributed by atoms with Crippen LogP contribution in [0.4, 0.5) is 11.6 Å². The lowest BCUT2D eigenvalue weighted by molar-refractivity contribution is -0.122. The molecule has 18 nitrogen and oxygen atoms in total. The minimum Gasteiger partial charge on any atom is -0.394 e. The van der Waals surface area contributed by atoms with Crippen molar-refractivity contribution in [3.8, 4) is 0 Å². The summed E-state index contributed by atoms with van der Waals surface area (Å²) in [5.74, 6) is 1.21. The first-order valence-electron chi connectivity index (χ1n) is 25.7. The van der Waals surface area contributed by atoms with Crippen LogP contribution in [0.15, 0.2) is 73.1 Å². The number of nitrogens with zero attached hydrogens (tertiary/aromatic N) is 8. The SMILES string of the molecule is Cc1ccc2c(c1)c(NCC(=O)NC1CN(C3CCC(O)(c4ccc(C)nc4)CC3)C1)nn2CCO.Cc1ccc2c(c1)c(NCC(=O)NC1CN(C3CCC(O)(c4ccc(C)nc4)CC3)C1)nn2CCO. The number of amides is 2. The Bertz CT molecular complexity index is 2610. The Morgan fingerprint density at radius 1 is 0.583 bits per heavy atom. The molecule has 2 aliphatic heterocycles. The molecule has 2 amide bonds.